The molecule has 1 aliphatic heterocycles. The second-order valence-corrected chi connectivity index (χ2v) is 8.79. The molecule has 10 heteroatoms. The highest BCUT2D eigenvalue weighted by atomic mass is 19.4. The van der Waals surface area contributed by atoms with E-state index in [9.17, 15) is 22.4 Å². The van der Waals surface area contributed by atoms with Crippen LogP contribution in [0.5, 0.6) is 0 Å². The maximum Gasteiger partial charge on any atom is 0.417 e. The van der Waals surface area contributed by atoms with Crippen LogP contribution < -0.4 is 5.32 Å². The highest BCUT2D eigenvalue weighted by molar-refractivity contribution is 6.00. The molecule has 4 heterocycles. The molecule has 34 heavy (non-hydrogen) atoms. The monoisotopic (exact) mass is 471 g/mol. The van der Waals surface area contributed by atoms with E-state index in [1.165, 1.54) is 24.4 Å². The first-order chi connectivity index (χ1) is 16.2. The number of pyridine rings is 3. The summed E-state index contributed by atoms with van der Waals surface area (Å²) >= 11 is 0. The molecular formula is C24H21F4N5O. The number of piperidine rings is 1. The van der Waals surface area contributed by atoms with Crippen LogP contribution >= 0.6 is 0 Å². The minimum atomic E-state index is -4.45. The largest absolute Gasteiger partial charge is 0.417 e. The van der Waals surface area contributed by atoms with Crippen molar-refractivity contribution in [3.05, 3.63) is 71.4 Å². The molecule has 2 bridgehead atoms. The van der Waals surface area contributed by atoms with Crippen molar-refractivity contribution >= 4 is 11.7 Å². The number of aryl methyl sites for hydroxylation is 1. The van der Waals surface area contributed by atoms with Crippen molar-refractivity contribution in [2.45, 2.75) is 38.0 Å². The molecule has 176 valence electrons. The van der Waals surface area contributed by atoms with E-state index in [0.717, 1.165) is 30.7 Å². The summed E-state index contributed by atoms with van der Waals surface area (Å²) in [5, 5.41) is 3.19. The highest BCUT2D eigenvalue weighted by Gasteiger charge is 2.47. The van der Waals surface area contributed by atoms with Crippen LogP contribution in [0.2, 0.25) is 0 Å². The molecule has 2 fully saturated rings. The molecule has 1 N–H and O–H groups in total. The Bertz CT molecular complexity index is 1230. The zero-order valence-electron chi connectivity index (χ0n) is 18.2. The lowest BCUT2D eigenvalue weighted by Gasteiger charge is -2.34. The van der Waals surface area contributed by atoms with Crippen LogP contribution in [0.3, 0.4) is 0 Å². The Labute approximate surface area is 193 Å². The number of nitrogens with zero attached hydrogens (tertiary/aromatic N) is 4. The van der Waals surface area contributed by atoms with E-state index >= 15 is 0 Å². The Morgan fingerprint density at radius 3 is 2.59 bits per heavy atom. The minimum Gasteiger partial charge on any atom is -0.365 e. The van der Waals surface area contributed by atoms with Gasteiger partial charge in [0.25, 0.3) is 5.91 Å². The topological polar surface area (TPSA) is 71.0 Å². The third-order valence-corrected chi connectivity index (χ3v) is 6.40. The van der Waals surface area contributed by atoms with Crippen LogP contribution in [0.25, 0.3) is 11.4 Å². The second kappa shape index (κ2) is 8.34. The van der Waals surface area contributed by atoms with E-state index in [4.69, 9.17) is 0 Å². The van der Waals surface area contributed by atoms with Crippen LogP contribution in [0.1, 0.15) is 34.3 Å². The van der Waals surface area contributed by atoms with E-state index in [0.29, 0.717) is 12.4 Å². The third kappa shape index (κ3) is 4.08. The van der Waals surface area contributed by atoms with E-state index in [2.05, 4.69) is 20.3 Å². The summed E-state index contributed by atoms with van der Waals surface area (Å²) in [5.41, 5.74) is 0.418. The average molecular weight is 471 g/mol. The molecule has 3 aromatic rings. The van der Waals surface area contributed by atoms with Crippen molar-refractivity contribution < 1.29 is 22.4 Å². The number of alkyl halides is 3. The van der Waals surface area contributed by atoms with Crippen molar-refractivity contribution in [1.29, 1.82) is 0 Å². The molecule has 1 saturated heterocycles. The number of hydrogen-bond donors (Lipinski definition) is 1. The number of amides is 1. The van der Waals surface area contributed by atoms with Gasteiger partial charge < -0.3 is 10.2 Å². The van der Waals surface area contributed by atoms with Crippen molar-refractivity contribution in [3.63, 3.8) is 0 Å². The quantitative estimate of drug-likeness (QED) is 0.558. The van der Waals surface area contributed by atoms with Crippen LogP contribution in [0.15, 0.2) is 48.9 Å². The lowest BCUT2D eigenvalue weighted by molar-refractivity contribution is -0.137. The van der Waals surface area contributed by atoms with Gasteiger partial charge in [0.1, 0.15) is 17.2 Å². The fraction of sp³-hybridized carbons (Fsp3) is 0.333. The SMILES string of the molecule is Cc1cnc(-c2ncccc2F)c(C(=O)N2C[C@H]3C[C@@H](Nc4ccc(C(F)(F)F)cn4)[C@@H]2C3)c1. The number of carbonyl (C=O) groups excluding carboxylic acids is 1. The number of halogens is 4. The summed E-state index contributed by atoms with van der Waals surface area (Å²) in [6.45, 7) is 2.36. The number of rotatable bonds is 4. The summed E-state index contributed by atoms with van der Waals surface area (Å²) in [7, 11) is 0. The summed E-state index contributed by atoms with van der Waals surface area (Å²) in [6, 6.07) is 6.39. The van der Waals surface area contributed by atoms with Gasteiger partial charge in [0, 0.05) is 31.2 Å². The molecule has 1 saturated carbocycles. The molecule has 0 spiro atoms. The Kier molecular flexibility index (Phi) is 5.45. The first kappa shape index (κ1) is 22.2. The number of fused-ring (bicyclic) bond motifs is 2. The molecular weight excluding hydrogens is 450 g/mol. The molecule has 1 aliphatic carbocycles. The number of carbonyl (C=O) groups is 1. The Morgan fingerprint density at radius 2 is 1.91 bits per heavy atom. The fourth-order valence-electron chi connectivity index (χ4n) is 4.89. The van der Waals surface area contributed by atoms with Gasteiger partial charge in [-0.05, 0) is 61.6 Å². The number of nitrogens with one attached hydrogen (secondary N) is 1. The van der Waals surface area contributed by atoms with Gasteiger partial charge in [-0.15, -0.1) is 0 Å². The normalized spacial score (nSPS) is 21.7. The average Bonchev–Trinajstić information content (AvgIpc) is 3.40. The Morgan fingerprint density at radius 1 is 1.09 bits per heavy atom. The van der Waals surface area contributed by atoms with Crippen LogP contribution in [0, 0.1) is 18.7 Å². The summed E-state index contributed by atoms with van der Waals surface area (Å²) < 4.78 is 52.9. The standard InChI is InChI=1S/C24H21F4N5O/c1-13-7-16(21(31-10-13)22-17(25)3-2-6-29-22)23(34)33-12-14-8-18(19(33)9-14)32-20-5-4-15(11-30-20)24(26,27)28/h2-7,10-11,14,18-19H,8-9,12H2,1H3,(H,30,32)/t14-,18+,19-/m0/s1. The van der Waals surface area contributed by atoms with Gasteiger partial charge in [-0.25, -0.2) is 9.37 Å². The first-order valence-electron chi connectivity index (χ1n) is 10.9. The molecule has 1 amide bonds. The Hall–Kier alpha value is -3.56. The van der Waals surface area contributed by atoms with E-state index in [1.807, 2.05) is 0 Å². The lowest BCUT2D eigenvalue weighted by Crippen LogP contribution is -2.48. The van der Waals surface area contributed by atoms with Gasteiger partial charge in [0.05, 0.1) is 17.2 Å². The van der Waals surface area contributed by atoms with E-state index in [-0.39, 0.29) is 40.9 Å². The molecule has 3 atom stereocenters. The number of hydrogen-bond acceptors (Lipinski definition) is 5. The highest BCUT2D eigenvalue weighted by Crippen LogP contribution is 2.40. The van der Waals surface area contributed by atoms with Crippen LogP contribution in [-0.2, 0) is 6.18 Å². The van der Waals surface area contributed by atoms with Gasteiger partial charge >= 0.3 is 6.18 Å². The van der Waals surface area contributed by atoms with Gasteiger partial charge in [0.2, 0.25) is 0 Å². The van der Waals surface area contributed by atoms with Gasteiger partial charge in [-0.2, -0.15) is 13.2 Å². The van der Waals surface area contributed by atoms with Crippen molar-refractivity contribution in [1.82, 2.24) is 19.9 Å². The van der Waals surface area contributed by atoms with Gasteiger partial charge in [-0.1, -0.05) is 0 Å². The minimum absolute atomic E-state index is 0.0128. The summed E-state index contributed by atoms with van der Waals surface area (Å²) in [5.74, 6) is -0.250. The maximum absolute atomic E-state index is 14.4. The predicted octanol–water partition coefficient (Wildman–Crippen LogP) is 4.72. The predicted molar refractivity (Wildman–Crippen MR) is 116 cm³/mol. The molecule has 0 radical (unpaired) electrons. The first-order valence-corrected chi connectivity index (χ1v) is 10.9. The molecule has 6 nitrogen and oxygen atoms in total. The second-order valence-electron chi connectivity index (χ2n) is 8.79. The van der Waals surface area contributed by atoms with Crippen LogP contribution in [-0.4, -0.2) is 44.4 Å². The Balaban J connectivity index is 1.39. The molecule has 3 aromatic heterocycles. The van der Waals surface area contributed by atoms with Gasteiger partial charge in [-0.3, -0.25) is 14.8 Å². The zero-order chi connectivity index (χ0) is 24.0. The third-order valence-electron chi connectivity index (χ3n) is 6.40. The van der Waals surface area contributed by atoms with E-state index < -0.39 is 17.6 Å². The van der Waals surface area contributed by atoms with Crippen LogP contribution in [0.4, 0.5) is 23.4 Å². The summed E-state index contributed by atoms with van der Waals surface area (Å²) in [6.07, 6.45) is 0.917. The smallest absolute Gasteiger partial charge is 0.365 e. The zero-order valence-corrected chi connectivity index (χ0v) is 18.2. The molecule has 0 aromatic carbocycles. The van der Waals surface area contributed by atoms with Crippen molar-refractivity contribution in [3.8, 4) is 11.4 Å². The van der Waals surface area contributed by atoms with Crippen molar-refractivity contribution in [2.24, 2.45) is 5.92 Å². The van der Waals surface area contributed by atoms with Crippen molar-refractivity contribution in [2.75, 3.05) is 11.9 Å². The fourth-order valence-corrected chi connectivity index (χ4v) is 4.89. The number of anilines is 1. The maximum atomic E-state index is 14.4. The number of likely N-dealkylation sites (tertiary alicyclic amines) is 1. The van der Waals surface area contributed by atoms with E-state index in [1.54, 1.807) is 24.1 Å². The molecule has 0 unspecified atom stereocenters. The van der Waals surface area contributed by atoms with Gasteiger partial charge in [0.15, 0.2) is 5.82 Å². The molecule has 5 rings (SSSR count). The number of aromatic nitrogens is 3. The lowest BCUT2D eigenvalue weighted by atomic mass is 10.0. The summed E-state index contributed by atoms with van der Waals surface area (Å²) in [4.78, 5) is 27.7. The molecule has 2 aliphatic rings.